The van der Waals surface area contributed by atoms with Gasteiger partial charge in [-0.25, -0.2) is 24.6 Å². The lowest BCUT2D eigenvalue weighted by atomic mass is 9.93. The number of aromatic amines is 1. The van der Waals surface area contributed by atoms with Gasteiger partial charge in [-0.15, -0.1) is 35.6 Å². The normalized spacial score (nSPS) is 13.0. The number of alkyl halides is 1. The molecule has 56 heavy (non-hydrogen) atoms. The van der Waals surface area contributed by atoms with E-state index in [9.17, 15) is 0 Å². The van der Waals surface area contributed by atoms with E-state index in [4.69, 9.17) is 16.6 Å². The lowest BCUT2D eigenvalue weighted by molar-refractivity contribution is 0.569. The number of aryl methyl sites for hydroxylation is 7. The molecule has 4 aromatic heterocycles. The first-order valence-corrected chi connectivity index (χ1v) is 20.7. The van der Waals surface area contributed by atoms with Crippen molar-refractivity contribution < 1.29 is 0 Å². The van der Waals surface area contributed by atoms with E-state index in [2.05, 4.69) is 103 Å². The van der Waals surface area contributed by atoms with Gasteiger partial charge in [0.25, 0.3) is 0 Å². The van der Waals surface area contributed by atoms with E-state index in [1.54, 1.807) is 12.7 Å². The minimum absolute atomic E-state index is 0. The molecule has 10 nitrogen and oxygen atoms in total. The second-order valence-corrected chi connectivity index (χ2v) is 13.3. The van der Waals surface area contributed by atoms with Crippen molar-refractivity contribution in [2.24, 2.45) is 14.1 Å². The number of nitrogens with one attached hydrogen (secondary N) is 1. The molecule has 7 rings (SSSR count). The smallest absolute Gasteiger partial charge is 0.158 e. The molecule has 0 aliphatic carbocycles. The van der Waals surface area contributed by atoms with Crippen LogP contribution in [0.15, 0.2) is 85.7 Å². The Morgan fingerprint density at radius 3 is 1.84 bits per heavy atom. The fraction of sp³-hybridized carbons (Fsp3) is 0.500. The molecule has 2 unspecified atom stereocenters. The van der Waals surface area contributed by atoms with Crippen LogP contribution < -0.4 is 0 Å². The highest BCUT2D eigenvalue weighted by molar-refractivity contribution is 14.0. The highest BCUT2D eigenvalue weighted by atomic mass is 127. The van der Waals surface area contributed by atoms with Crippen LogP contribution in [-0.2, 0) is 33.5 Å². The summed E-state index contributed by atoms with van der Waals surface area (Å²) in [5.41, 5.74) is 4.79. The SMILES string of the molecule is CC.CC.CCc1nc(C(CCCCCl)c2ccccc2)n[nH]1.CCc1nc2n(n1)CCCCC2c1ccccc1.Cc1cn(C)cn1.Cc1cn(C)cn1.I. The van der Waals surface area contributed by atoms with Crippen molar-refractivity contribution in [3.05, 3.63) is 132 Å². The van der Waals surface area contributed by atoms with Gasteiger partial charge in [0.2, 0.25) is 0 Å². The monoisotopic (exact) mass is 898 g/mol. The molecule has 0 fully saturated rings. The lowest BCUT2D eigenvalue weighted by Gasteiger charge is -2.13. The first kappa shape index (κ1) is 50.2. The molecule has 1 aliphatic heterocycles. The molecule has 2 aromatic carbocycles. The molecule has 0 radical (unpaired) electrons. The summed E-state index contributed by atoms with van der Waals surface area (Å²) in [5.74, 6) is 5.40. The van der Waals surface area contributed by atoms with Crippen molar-refractivity contribution in [2.45, 2.75) is 125 Å². The van der Waals surface area contributed by atoms with Gasteiger partial charge in [-0.2, -0.15) is 10.2 Å². The van der Waals surface area contributed by atoms with E-state index >= 15 is 0 Å². The van der Waals surface area contributed by atoms with Gasteiger partial charge in [-0.1, -0.05) is 115 Å². The van der Waals surface area contributed by atoms with Crippen LogP contribution in [0.3, 0.4) is 0 Å². The molecule has 0 saturated heterocycles. The summed E-state index contributed by atoms with van der Waals surface area (Å²) < 4.78 is 5.98. The Morgan fingerprint density at radius 2 is 1.38 bits per heavy atom. The number of unbranched alkanes of at least 4 members (excludes halogenated alkanes) is 1. The molecule has 308 valence electrons. The average molecular weight is 899 g/mol. The van der Waals surface area contributed by atoms with E-state index in [1.165, 1.54) is 30.4 Å². The summed E-state index contributed by atoms with van der Waals surface area (Å²) in [7, 11) is 3.92. The molecule has 1 N–H and O–H groups in total. The van der Waals surface area contributed by atoms with Gasteiger partial charge in [0, 0.05) is 63.6 Å². The van der Waals surface area contributed by atoms with Gasteiger partial charge < -0.3 is 9.13 Å². The molecule has 0 amide bonds. The molecule has 5 heterocycles. The minimum Gasteiger partial charge on any atom is -0.340 e. The number of hydrogen-bond donors (Lipinski definition) is 1. The third-order valence-electron chi connectivity index (χ3n) is 8.63. The van der Waals surface area contributed by atoms with Crippen molar-refractivity contribution in [2.75, 3.05) is 5.88 Å². The Morgan fingerprint density at radius 1 is 0.786 bits per heavy atom. The molecule has 0 spiro atoms. The standard InChI is InChI=1S/C15H20ClN3.C15H19N3.2C5H8N2.2C2H6.HI/c1-2-14-17-15(19-18-14)13(10-6-7-11-16)12-8-4-3-5-9-12;1-2-14-16-15-13(12-8-4-3-5-9-12)10-6-7-11-18(15)17-14;2*1-5-3-7(2)4-6-5;2*1-2;/h3-5,8-9,13H,2,6-7,10-11H2,1H3,(H,17,18,19);3-5,8-9,13H,2,6-7,10-11H2,1H3;2*3-4H,1-2H3;2*1-2H3;1H. The molecule has 1 aliphatic rings. The molecule has 0 saturated carbocycles. The van der Waals surface area contributed by atoms with E-state index < -0.39 is 0 Å². The summed E-state index contributed by atoms with van der Waals surface area (Å²) in [6, 6.07) is 21.2. The maximum Gasteiger partial charge on any atom is 0.158 e. The van der Waals surface area contributed by atoms with Crippen LogP contribution in [-0.4, -0.2) is 54.9 Å². The maximum atomic E-state index is 5.77. The Kier molecular flexibility index (Phi) is 26.4. The first-order valence-electron chi connectivity index (χ1n) is 20.2. The van der Waals surface area contributed by atoms with Crippen LogP contribution in [0.2, 0.25) is 0 Å². The number of halogens is 2. The predicted molar refractivity (Wildman–Crippen MR) is 244 cm³/mol. The Labute approximate surface area is 359 Å². The van der Waals surface area contributed by atoms with Crippen LogP contribution >= 0.6 is 35.6 Å². The van der Waals surface area contributed by atoms with Gasteiger partial charge in [0.15, 0.2) is 11.6 Å². The number of fused-ring (bicyclic) bond motifs is 1. The van der Waals surface area contributed by atoms with Crippen molar-refractivity contribution in [3.8, 4) is 0 Å². The van der Waals surface area contributed by atoms with Crippen molar-refractivity contribution >= 4 is 35.6 Å². The fourth-order valence-electron chi connectivity index (χ4n) is 6.00. The maximum absolute atomic E-state index is 5.77. The second kappa shape index (κ2) is 29.4. The van der Waals surface area contributed by atoms with Crippen molar-refractivity contribution in [1.82, 2.24) is 49.0 Å². The van der Waals surface area contributed by atoms with Crippen LogP contribution in [0.25, 0.3) is 0 Å². The van der Waals surface area contributed by atoms with Gasteiger partial charge >= 0.3 is 0 Å². The van der Waals surface area contributed by atoms with Crippen LogP contribution in [0.5, 0.6) is 0 Å². The van der Waals surface area contributed by atoms with E-state index in [0.29, 0.717) is 5.92 Å². The van der Waals surface area contributed by atoms with Gasteiger partial charge in [-0.3, -0.25) is 5.10 Å². The Bertz CT molecular complexity index is 1740. The zero-order valence-electron chi connectivity index (χ0n) is 35.6. The number of nitrogens with zero attached hydrogens (tertiary/aromatic N) is 9. The van der Waals surface area contributed by atoms with Crippen LogP contribution in [0.4, 0.5) is 0 Å². The van der Waals surface area contributed by atoms with E-state index in [0.717, 1.165) is 79.2 Å². The number of hydrogen-bond acceptors (Lipinski definition) is 6. The summed E-state index contributed by atoms with van der Waals surface area (Å²) >= 11 is 5.77. The fourth-order valence-corrected chi connectivity index (χ4v) is 6.19. The second-order valence-electron chi connectivity index (χ2n) is 12.9. The van der Waals surface area contributed by atoms with Gasteiger partial charge in [0.05, 0.1) is 24.0 Å². The highest BCUT2D eigenvalue weighted by Gasteiger charge is 2.24. The Hall–Kier alpha value is -3.84. The topological polar surface area (TPSA) is 108 Å². The molecule has 6 aromatic rings. The van der Waals surface area contributed by atoms with E-state index in [1.807, 2.05) is 83.2 Å². The van der Waals surface area contributed by atoms with E-state index in [-0.39, 0.29) is 29.9 Å². The highest BCUT2D eigenvalue weighted by Crippen LogP contribution is 2.31. The lowest BCUT2D eigenvalue weighted by Crippen LogP contribution is -2.08. The largest absolute Gasteiger partial charge is 0.340 e. The third kappa shape index (κ3) is 17.5. The summed E-state index contributed by atoms with van der Waals surface area (Å²) in [5, 5.41) is 12.0. The average Bonchev–Trinajstić information content (AvgIpc) is 4.03. The zero-order chi connectivity index (χ0) is 40.4. The molecular formula is C44H68ClIN10. The molecule has 0 bridgehead atoms. The molecule has 12 heteroatoms. The number of benzene rings is 2. The molecule has 2 atom stereocenters. The number of H-pyrrole nitrogens is 1. The third-order valence-corrected chi connectivity index (χ3v) is 8.90. The first-order chi connectivity index (χ1) is 26.8. The summed E-state index contributed by atoms with van der Waals surface area (Å²) in [6.07, 6.45) is 16.1. The zero-order valence-corrected chi connectivity index (χ0v) is 38.7. The number of imidazole rings is 2. The van der Waals surface area contributed by atoms with Gasteiger partial charge in [0.1, 0.15) is 11.6 Å². The molecular weight excluding hydrogens is 831 g/mol. The van der Waals surface area contributed by atoms with Gasteiger partial charge in [-0.05, 0) is 50.7 Å². The minimum atomic E-state index is 0. The van der Waals surface area contributed by atoms with Crippen LogP contribution in [0, 0.1) is 13.8 Å². The number of rotatable bonds is 9. The van der Waals surface area contributed by atoms with Crippen molar-refractivity contribution in [3.63, 3.8) is 0 Å². The summed E-state index contributed by atoms with van der Waals surface area (Å²) in [4.78, 5) is 17.3. The van der Waals surface area contributed by atoms with Crippen LogP contribution in [0.1, 0.15) is 138 Å². The predicted octanol–water partition coefficient (Wildman–Crippen LogP) is 11.2. The Balaban J connectivity index is 0.000000389. The van der Waals surface area contributed by atoms with Crippen molar-refractivity contribution in [1.29, 1.82) is 0 Å². The quantitative estimate of drug-likeness (QED) is 0.0880. The number of aromatic nitrogens is 10. The summed E-state index contributed by atoms with van der Waals surface area (Å²) in [6.45, 7) is 17.2.